The van der Waals surface area contributed by atoms with Crippen LogP contribution in [0, 0.1) is 0 Å². The highest BCUT2D eigenvalue weighted by Crippen LogP contribution is 2.00. The molecule has 0 spiro atoms. The van der Waals surface area contributed by atoms with Crippen LogP contribution in [0.4, 0.5) is 0 Å². The first-order valence-corrected chi connectivity index (χ1v) is 18.8. The minimum absolute atomic E-state index is 0.118. The topological polar surface area (TPSA) is 46.5 Å². The van der Waals surface area contributed by atoms with E-state index in [-0.39, 0.29) is 12.6 Å². The zero-order valence-corrected chi connectivity index (χ0v) is 31.3. The Morgan fingerprint density at radius 3 is 0.939 bits per heavy atom. The lowest BCUT2D eigenvalue weighted by Gasteiger charge is -1.97. The number of carbonyl (C=O) groups excluding carboxylic acids is 1. The van der Waals surface area contributed by atoms with Crippen LogP contribution in [0.2, 0.25) is 0 Å². The van der Waals surface area contributed by atoms with Crippen molar-refractivity contribution in [2.75, 3.05) is 13.2 Å². The minimum atomic E-state index is -0.118. The van der Waals surface area contributed by atoms with Gasteiger partial charge >= 0.3 is 5.97 Å². The molecule has 0 amide bonds. The van der Waals surface area contributed by atoms with Gasteiger partial charge in [-0.3, -0.25) is 4.79 Å². The first kappa shape index (κ1) is 47.4. The van der Waals surface area contributed by atoms with E-state index in [1.807, 2.05) is 13.0 Å². The number of hydrogen-bond acceptors (Lipinski definition) is 3. The van der Waals surface area contributed by atoms with Crippen LogP contribution in [0.1, 0.15) is 124 Å². The molecule has 0 fully saturated rings. The molecule has 0 saturated heterocycles. The van der Waals surface area contributed by atoms with E-state index < -0.39 is 0 Å². The van der Waals surface area contributed by atoms with Crippen LogP contribution in [-0.2, 0) is 9.53 Å². The highest BCUT2D eigenvalue weighted by Gasteiger charge is 1.97. The monoisotopic (exact) mass is 671 g/mol. The van der Waals surface area contributed by atoms with E-state index >= 15 is 0 Å². The SMILES string of the molecule is CC/C=C\C/C=C\C/C=C\C/C=C\C/C=C\C/C=C\CCC(=O)OCC.CC/C=C\C/C=C\C/C=C\C/C=C\C/C=C\C/C=C\CCCO. The molecule has 0 aromatic rings. The van der Waals surface area contributed by atoms with Gasteiger partial charge in [0.25, 0.3) is 0 Å². The number of allylic oxidation sites excluding steroid dienone is 24. The number of hydrogen-bond donors (Lipinski definition) is 1. The van der Waals surface area contributed by atoms with E-state index in [4.69, 9.17) is 9.84 Å². The third-order valence-electron chi connectivity index (χ3n) is 6.54. The van der Waals surface area contributed by atoms with Crippen molar-refractivity contribution < 1.29 is 14.6 Å². The number of aliphatic hydroxyl groups excluding tert-OH is 1. The molecule has 0 saturated carbocycles. The van der Waals surface area contributed by atoms with Crippen LogP contribution >= 0.6 is 0 Å². The highest BCUT2D eigenvalue weighted by molar-refractivity contribution is 5.69. The summed E-state index contributed by atoms with van der Waals surface area (Å²) in [5.41, 5.74) is 0. The Hall–Kier alpha value is -3.69. The molecule has 3 heteroatoms. The molecule has 0 atom stereocenters. The summed E-state index contributed by atoms with van der Waals surface area (Å²) in [6, 6.07) is 0. The first-order valence-electron chi connectivity index (χ1n) is 18.8. The van der Waals surface area contributed by atoms with Crippen molar-refractivity contribution in [2.24, 2.45) is 0 Å². The van der Waals surface area contributed by atoms with Crippen molar-refractivity contribution in [2.45, 2.75) is 124 Å². The number of unbranched alkanes of at least 4 members (excludes halogenated alkanes) is 1. The maximum absolute atomic E-state index is 11.1. The maximum atomic E-state index is 11.1. The fourth-order valence-corrected chi connectivity index (χ4v) is 3.92. The Morgan fingerprint density at radius 1 is 0.408 bits per heavy atom. The molecule has 0 rings (SSSR count). The van der Waals surface area contributed by atoms with Crippen molar-refractivity contribution in [1.29, 1.82) is 0 Å². The van der Waals surface area contributed by atoms with E-state index in [9.17, 15) is 4.79 Å². The molecule has 0 aliphatic carbocycles. The van der Waals surface area contributed by atoms with E-state index in [0.717, 1.165) is 96.3 Å². The zero-order chi connectivity index (χ0) is 36.0. The fourth-order valence-electron chi connectivity index (χ4n) is 3.92. The van der Waals surface area contributed by atoms with Crippen LogP contribution in [0.5, 0.6) is 0 Å². The summed E-state index contributed by atoms with van der Waals surface area (Å²) in [5.74, 6) is -0.118. The normalized spacial score (nSPS) is 13.1. The van der Waals surface area contributed by atoms with Gasteiger partial charge in [-0.05, 0) is 103 Å². The smallest absolute Gasteiger partial charge is 0.306 e. The van der Waals surface area contributed by atoms with E-state index in [2.05, 4.69) is 154 Å². The lowest BCUT2D eigenvalue weighted by Crippen LogP contribution is -2.02. The van der Waals surface area contributed by atoms with Gasteiger partial charge < -0.3 is 9.84 Å². The van der Waals surface area contributed by atoms with Gasteiger partial charge in [-0.1, -0.05) is 160 Å². The molecule has 0 aliphatic heterocycles. The Balaban J connectivity index is 0. The summed E-state index contributed by atoms with van der Waals surface area (Å²) in [4.78, 5) is 11.1. The molecule has 0 heterocycles. The van der Waals surface area contributed by atoms with Gasteiger partial charge in [-0.25, -0.2) is 0 Å². The van der Waals surface area contributed by atoms with Crippen molar-refractivity contribution in [1.82, 2.24) is 0 Å². The Bertz CT molecular complexity index is 1050. The third kappa shape index (κ3) is 48.8. The second kappa shape index (κ2) is 46.4. The largest absolute Gasteiger partial charge is 0.466 e. The Morgan fingerprint density at radius 2 is 0.673 bits per heavy atom. The molecule has 0 radical (unpaired) electrons. The standard InChI is InChI=1S/C24H36O2.C22H34O/c1-3-5-6-7-8-9-10-11-12-13-14-15-16-17-18-19-20-21-22-23-24(25)26-4-2;1-2-3-4-5-6-7-8-9-10-11-12-13-14-15-16-17-18-19-20-21-22-23/h5-6,8-9,11-12,14-15,17-18,20-21H,3-4,7,10,13,16,19,22-23H2,1-2H3;3-4,6-7,9-10,12-13,15-16,18-19,23H,2,5,8,11,14,17,20-22H2,1H3/b6-5-,9-8-,12-11-,15-14-,18-17-,21-20-;4-3-,7-6-,10-9-,13-12-,16-15-,19-18-. The van der Waals surface area contributed by atoms with Gasteiger partial charge in [-0.2, -0.15) is 0 Å². The van der Waals surface area contributed by atoms with Crippen LogP contribution in [0.25, 0.3) is 0 Å². The van der Waals surface area contributed by atoms with Gasteiger partial charge in [0.05, 0.1) is 6.61 Å². The van der Waals surface area contributed by atoms with Gasteiger partial charge in [0.2, 0.25) is 0 Å². The summed E-state index contributed by atoms with van der Waals surface area (Å²) in [5, 5.41) is 8.64. The molecule has 49 heavy (non-hydrogen) atoms. The average Bonchev–Trinajstić information content (AvgIpc) is 3.10. The molecule has 272 valence electrons. The predicted molar refractivity (Wildman–Crippen MR) is 219 cm³/mol. The molecular formula is C46H70O3. The summed E-state index contributed by atoms with van der Waals surface area (Å²) >= 11 is 0. The first-order chi connectivity index (χ1) is 24.2. The molecule has 0 aromatic carbocycles. The molecule has 0 aromatic heterocycles. The molecule has 0 unspecified atom stereocenters. The summed E-state index contributed by atoms with van der Waals surface area (Å²) < 4.78 is 4.87. The average molecular weight is 671 g/mol. The lowest BCUT2D eigenvalue weighted by atomic mass is 10.2. The van der Waals surface area contributed by atoms with E-state index in [1.54, 1.807) is 0 Å². The van der Waals surface area contributed by atoms with E-state index in [1.165, 1.54) is 0 Å². The molecular weight excluding hydrogens is 601 g/mol. The fraction of sp³-hybridized carbons (Fsp3) is 0.457. The van der Waals surface area contributed by atoms with Crippen LogP contribution in [0.15, 0.2) is 146 Å². The molecule has 0 aliphatic rings. The Labute approximate surface area is 302 Å². The van der Waals surface area contributed by atoms with Gasteiger partial charge in [0, 0.05) is 13.0 Å². The third-order valence-corrected chi connectivity index (χ3v) is 6.54. The van der Waals surface area contributed by atoms with Gasteiger partial charge in [0.1, 0.15) is 0 Å². The van der Waals surface area contributed by atoms with Gasteiger partial charge in [-0.15, -0.1) is 0 Å². The molecule has 3 nitrogen and oxygen atoms in total. The number of esters is 1. The lowest BCUT2D eigenvalue weighted by molar-refractivity contribution is -0.143. The minimum Gasteiger partial charge on any atom is -0.466 e. The predicted octanol–water partition coefficient (Wildman–Crippen LogP) is 13.5. The van der Waals surface area contributed by atoms with Crippen molar-refractivity contribution in [3.63, 3.8) is 0 Å². The Kier molecular flexibility index (Phi) is 44.9. The van der Waals surface area contributed by atoms with Crippen molar-refractivity contribution in [3.8, 4) is 0 Å². The van der Waals surface area contributed by atoms with Crippen molar-refractivity contribution in [3.05, 3.63) is 146 Å². The zero-order valence-electron chi connectivity index (χ0n) is 31.3. The second-order valence-electron chi connectivity index (χ2n) is 11.0. The number of ether oxygens (including phenoxy) is 1. The van der Waals surface area contributed by atoms with Crippen LogP contribution in [-0.4, -0.2) is 24.3 Å². The quantitative estimate of drug-likeness (QED) is 0.0489. The maximum Gasteiger partial charge on any atom is 0.306 e. The summed E-state index contributed by atoms with van der Waals surface area (Å²) in [7, 11) is 0. The van der Waals surface area contributed by atoms with E-state index in [0.29, 0.717) is 13.0 Å². The highest BCUT2D eigenvalue weighted by atomic mass is 16.5. The number of rotatable bonds is 29. The van der Waals surface area contributed by atoms with Crippen LogP contribution in [0.3, 0.4) is 0 Å². The van der Waals surface area contributed by atoms with Crippen LogP contribution < -0.4 is 0 Å². The number of carbonyl (C=O) groups is 1. The summed E-state index contributed by atoms with van der Waals surface area (Å²) in [6.07, 6.45) is 67.7. The molecule has 0 bridgehead atoms. The van der Waals surface area contributed by atoms with Crippen molar-refractivity contribution >= 4 is 5.97 Å². The summed E-state index contributed by atoms with van der Waals surface area (Å²) in [6.45, 7) is 6.88. The number of aliphatic hydroxyl groups is 1. The second-order valence-corrected chi connectivity index (χ2v) is 11.0. The molecule has 1 N–H and O–H groups in total. The van der Waals surface area contributed by atoms with Gasteiger partial charge in [0.15, 0.2) is 0 Å².